The lowest BCUT2D eigenvalue weighted by Gasteiger charge is -2.31. The molecule has 0 amide bonds. The molecule has 1 saturated carbocycles. The summed E-state index contributed by atoms with van der Waals surface area (Å²) in [6.45, 7) is 4.12. The molecule has 0 unspecified atom stereocenters. The van der Waals surface area contributed by atoms with E-state index in [4.69, 9.17) is 9.47 Å². The van der Waals surface area contributed by atoms with E-state index in [1.807, 2.05) is 0 Å². The van der Waals surface area contributed by atoms with Crippen LogP contribution in [-0.2, 0) is 19.5 Å². The highest BCUT2D eigenvalue weighted by atomic mass is 32.2. The van der Waals surface area contributed by atoms with Gasteiger partial charge >= 0.3 is 0 Å². The fourth-order valence-electron chi connectivity index (χ4n) is 2.45. The highest BCUT2D eigenvalue weighted by molar-refractivity contribution is 7.90. The number of hydrogen-bond acceptors (Lipinski definition) is 4. The molecule has 6 heteroatoms. The average molecular weight is 277 g/mol. The van der Waals surface area contributed by atoms with Crippen molar-refractivity contribution in [2.75, 3.05) is 13.2 Å². The summed E-state index contributed by atoms with van der Waals surface area (Å²) in [6.07, 6.45) is 5.20. The van der Waals surface area contributed by atoms with Crippen LogP contribution in [0.5, 0.6) is 0 Å². The Morgan fingerprint density at radius 3 is 2.56 bits per heavy atom. The molecule has 1 atom stereocenters. The molecule has 1 heterocycles. The molecule has 106 valence electrons. The Hall–Kier alpha value is -0.170. The van der Waals surface area contributed by atoms with Crippen molar-refractivity contribution in [2.45, 2.75) is 63.1 Å². The third-order valence-electron chi connectivity index (χ3n) is 3.66. The van der Waals surface area contributed by atoms with Crippen LogP contribution < -0.4 is 4.72 Å². The molecular formula is C12H23NO4S. The van der Waals surface area contributed by atoms with E-state index in [0.29, 0.717) is 13.2 Å². The highest BCUT2D eigenvalue weighted by Crippen LogP contribution is 2.37. The zero-order valence-corrected chi connectivity index (χ0v) is 12.0. The minimum atomic E-state index is -3.21. The summed E-state index contributed by atoms with van der Waals surface area (Å²) < 4.78 is 37.6. The van der Waals surface area contributed by atoms with Crippen molar-refractivity contribution in [2.24, 2.45) is 0 Å². The fraction of sp³-hybridized carbons (Fsp3) is 1.00. The van der Waals surface area contributed by atoms with Gasteiger partial charge in [0.05, 0.1) is 18.0 Å². The summed E-state index contributed by atoms with van der Waals surface area (Å²) in [7, 11) is -3.21. The predicted octanol–water partition coefficient (Wildman–Crippen LogP) is 1.39. The first-order valence-corrected chi connectivity index (χ1v) is 8.28. The van der Waals surface area contributed by atoms with Gasteiger partial charge < -0.3 is 9.47 Å². The molecule has 2 rings (SSSR count). The maximum atomic E-state index is 11.6. The van der Waals surface area contributed by atoms with Gasteiger partial charge in [0.1, 0.15) is 0 Å². The third-order valence-corrected chi connectivity index (χ3v) is 5.47. The smallest absolute Gasteiger partial charge is 0.214 e. The minimum Gasteiger partial charge on any atom is -0.347 e. The van der Waals surface area contributed by atoms with Crippen LogP contribution in [0, 0.1) is 0 Å². The molecule has 1 N–H and O–H groups in total. The van der Waals surface area contributed by atoms with E-state index in [2.05, 4.69) is 4.72 Å². The van der Waals surface area contributed by atoms with Crippen LogP contribution in [0.4, 0.5) is 0 Å². The molecule has 1 aliphatic heterocycles. The molecule has 0 radical (unpaired) electrons. The number of nitrogens with one attached hydrogen (secondary N) is 1. The standard InChI is InChI=1S/C12H23NO4S/c1-10(2)18(14,15)13-8-11-9-16-12(17-11)6-4-3-5-7-12/h10-11,13H,3-9H2,1-2H3/t11-/m0/s1. The van der Waals surface area contributed by atoms with E-state index in [1.54, 1.807) is 13.8 Å². The lowest BCUT2D eigenvalue weighted by molar-refractivity contribution is -0.186. The van der Waals surface area contributed by atoms with Gasteiger partial charge in [-0.05, 0) is 26.7 Å². The highest BCUT2D eigenvalue weighted by Gasteiger charge is 2.42. The van der Waals surface area contributed by atoms with Gasteiger partial charge in [-0.2, -0.15) is 0 Å². The van der Waals surface area contributed by atoms with Crippen LogP contribution in [0.15, 0.2) is 0 Å². The van der Waals surface area contributed by atoms with Gasteiger partial charge in [-0.25, -0.2) is 13.1 Å². The zero-order chi connectivity index (χ0) is 13.2. The molecule has 5 nitrogen and oxygen atoms in total. The summed E-state index contributed by atoms with van der Waals surface area (Å²) in [5.41, 5.74) is 0. The Bertz CT molecular complexity index is 374. The molecule has 1 aliphatic carbocycles. The first-order chi connectivity index (χ1) is 8.44. The van der Waals surface area contributed by atoms with Gasteiger partial charge in [0, 0.05) is 19.4 Å². The van der Waals surface area contributed by atoms with Gasteiger partial charge in [-0.1, -0.05) is 6.42 Å². The monoisotopic (exact) mass is 277 g/mol. The molecule has 0 aromatic heterocycles. The van der Waals surface area contributed by atoms with Crippen molar-refractivity contribution >= 4 is 10.0 Å². The summed E-state index contributed by atoms with van der Waals surface area (Å²) >= 11 is 0. The van der Waals surface area contributed by atoms with Gasteiger partial charge in [0.25, 0.3) is 0 Å². The van der Waals surface area contributed by atoms with Crippen molar-refractivity contribution in [1.82, 2.24) is 4.72 Å². The van der Waals surface area contributed by atoms with E-state index < -0.39 is 21.1 Å². The van der Waals surface area contributed by atoms with Crippen molar-refractivity contribution in [3.63, 3.8) is 0 Å². The lowest BCUT2D eigenvalue weighted by atomic mass is 9.94. The normalized spacial score (nSPS) is 28.1. The Morgan fingerprint density at radius 2 is 1.94 bits per heavy atom. The Balaban J connectivity index is 1.83. The van der Waals surface area contributed by atoms with Gasteiger partial charge in [-0.3, -0.25) is 0 Å². The van der Waals surface area contributed by atoms with E-state index in [-0.39, 0.29) is 6.10 Å². The number of ether oxygens (including phenoxy) is 2. The van der Waals surface area contributed by atoms with Gasteiger partial charge in [0.2, 0.25) is 10.0 Å². The number of hydrogen-bond donors (Lipinski definition) is 1. The predicted molar refractivity (Wildman–Crippen MR) is 68.7 cm³/mol. The minimum absolute atomic E-state index is 0.156. The largest absolute Gasteiger partial charge is 0.347 e. The number of rotatable bonds is 4. The summed E-state index contributed by atoms with van der Waals surface area (Å²) in [6, 6.07) is 0. The van der Waals surface area contributed by atoms with E-state index in [9.17, 15) is 8.42 Å². The van der Waals surface area contributed by atoms with Gasteiger partial charge in [-0.15, -0.1) is 0 Å². The maximum absolute atomic E-state index is 11.6. The van der Waals surface area contributed by atoms with Crippen LogP contribution in [0.3, 0.4) is 0 Å². The van der Waals surface area contributed by atoms with E-state index in [1.165, 1.54) is 6.42 Å². The maximum Gasteiger partial charge on any atom is 0.214 e. The fourth-order valence-corrected chi connectivity index (χ4v) is 3.20. The number of sulfonamides is 1. The SMILES string of the molecule is CC(C)S(=O)(=O)NC[C@H]1COC2(CCCCC2)O1. The Kier molecular flexibility index (Phi) is 4.31. The average Bonchev–Trinajstić information content (AvgIpc) is 2.71. The zero-order valence-electron chi connectivity index (χ0n) is 11.1. The van der Waals surface area contributed by atoms with Crippen LogP contribution in [0.2, 0.25) is 0 Å². The van der Waals surface area contributed by atoms with Crippen molar-refractivity contribution in [3.05, 3.63) is 0 Å². The molecule has 1 saturated heterocycles. The molecule has 18 heavy (non-hydrogen) atoms. The van der Waals surface area contributed by atoms with Crippen molar-refractivity contribution in [3.8, 4) is 0 Å². The second-order valence-electron chi connectivity index (χ2n) is 5.46. The second kappa shape index (κ2) is 5.45. The quantitative estimate of drug-likeness (QED) is 0.843. The molecule has 1 spiro atoms. The van der Waals surface area contributed by atoms with E-state index >= 15 is 0 Å². The summed E-state index contributed by atoms with van der Waals surface area (Å²) in [4.78, 5) is 0. The first kappa shape index (κ1) is 14.2. The molecule has 0 aromatic rings. The lowest BCUT2D eigenvalue weighted by Crippen LogP contribution is -2.39. The molecule has 0 bridgehead atoms. The molecule has 2 aliphatic rings. The Labute approximate surface area is 109 Å². The summed E-state index contributed by atoms with van der Waals surface area (Å²) in [5.74, 6) is -0.424. The van der Waals surface area contributed by atoms with E-state index in [0.717, 1.165) is 25.7 Å². The van der Waals surface area contributed by atoms with Crippen LogP contribution >= 0.6 is 0 Å². The molecule has 0 aromatic carbocycles. The Morgan fingerprint density at radius 1 is 1.28 bits per heavy atom. The summed E-state index contributed by atoms with van der Waals surface area (Å²) in [5, 5.41) is -0.413. The third kappa shape index (κ3) is 3.23. The van der Waals surface area contributed by atoms with Crippen molar-refractivity contribution in [1.29, 1.82) is 0 Å². The van der Waals surface area contributed by atoms with Crippen LogP contribution in [0.1, 0.15) is 46.0 Å². The topological polar surface area (TPSA) is 64.6 Å². The van der Waals surface area contributed by atoms with Crippen LogP contribution in [-0.4, -0.2) is 38.7 Å². The van der Waals surface area contributed by atoms with Crippen LogP contribution in [0.25, 0.3) is 0 Å². The first-order valence-electron chi connectivity index (χ1n) is 6.74. The second-order valence-corrected chi connectivity index (χ2v) is 7.79. The molecular weight excluding hydrogens is 254 g/mol. The van der Waals surface area contributed by atoms with Crippen molar-refractivity contribution < 1.29 is 17.9 Å². The molecule has 2 fully saturated rings. The van der Waals surface area contributed by atoms with Gasteiger partial charge in [0.15, 0.2) is 5.79 Å².